The number of rotatable bonds is 3. The molecule has 1 aliphatic heterocycles. The summed E-state index contributed by atoms with van der Waals surface area (Å²) in [6, 6.07) is 3.66. The molecular weight excluding hydrogens is 418 g/mol. The van der Waals surface area contributed by atoms with E-state index >= 15 is 0 Å². The van der Waals surface area contributed by atoms with Crippen molar-refractivity contribution in [3.05, 3.63) is 46.3 Å². The van der Waals surface area contributed by atoms with Crippen LogP contribution in [0.15, 0.2) is 29.1 Å². The first-order chi connectivity index (χ1) is 13.0. The summed E-state index contributed by atoms with van der Waals surface area (Å²) in [6.07, 6.45) is 1.55. The lowest BCUT2D eigenvalue weighted by atomic mass is 10.1. The summed E-state index contributed by atoms with van der Waals surface area (Å²) < 4.78 is 29.7. The van der Waals surface area contributed by atoms with E-state index in [4.69, 9.17) is 0 Å². The number of fused-ring (bicyclic) bond motifs is 1. The first-order valence-electron chi connectivity index (χ1n) is 8.73. The maximum atomic E-state index is 14.1. The highest BCUT2D eigenvalue weighted by Crippen LogP contribution is 2.31. The second kappa shape index (κ2) is 7.12. The Labute approximate surface area is 163 Å². The minimum atomic E-state index is -0.553. The van der Waals surface area contributed by atoms with Gasteiger partial charge in [0.2, 0.25) is 0 Å². The monoisotopic (exact) mass is 436 g/mol. The fraction of sp³-hybridized carbons (Fsp3) is 0.389. The number of hydrogen-bond acceptors (Lipinski definition) is 5. The third-order valence-electron chi connectivity index (χ3n) is 5.13. The quantitative estimate of drug-likeness (QED) is 0.630. The fourth-order valence-electron chi connectivity index (χ4n) is 3.62. The van der Waals surface area contributed by atoms with Crippen molar-refractivity contribution in [1.82, 2.24) is 24.6 Å². The molecule has 0 bridgehead atoms. The van der Waals surface area contributed by atoms with Crippen LogP contribution in [0.2, 0.25) is 0 Å². The molecule has 4 rings (SSSR count). The van der Waals surface area contributed by atoms with Crippen LogP contribution in [0.3, 0.4) is 0 Å². The van der Waals surface area contributed by atoms with E-state index < -0.39 is 11.6 Å². The molecule has 3 heterocycles. The Balaban J connectivity index is 1.53. The highest BCUT2D eigenvalue weighted by molar-refractivity contribution is 9.10. The van der Waals surface area contributed by atoms with Crippen LogP contribution in [0.4, 0.5) is 14.6 Å². The van der Waals surface area contributed by atoms with Crippen molar-refractivity contribution in [2.24, 2.45) is 7.05 Å². The third-order valence-corrected chi connectivity index (χ3v) is 5.69. The van der Waals surface area contributed by atoms with E-state index in [1.807, 2.05) is 14.0 Å². The Morgan fingerprint density at radius 2 is 1.85 bits per heavy atom. The molecular formula is C18H19BrF2N6. The van der Waals surface area contributed by atoms with E-state index in [0.29, 0.717) is 5.56 Å². The Hall–Kier alpha value is -2.13. The maximum absolute atomic E-state index is 14.1. The summed E-state index contributed by atoms with van der Waals surface area (Å²) >= 11 is 3.49. The van der Waals surface area contributed by atoms with E-state index in [1.54, 1.807) is 11.0 Å². The van der Waals surface area contributed by atoms with E-state index in [1.165, 1.54) is 12.1 Å². The molecule has 0 saturated carbocycles. The Morgan fingerprint density at radius 1 is 1.11 bits per heavy atom. The molecule has 3 aromatic rings. The Bertz CT molecular complexity index is 983. The normalized spacial score (nSPS) is 16.9. The molecule has 1 fully saturated rings. The average Bonchev–Trinajstić information content (AvgIpc) is 2.96. The molecule has 142 valence electrons. The van der Waals surface area contributed by atoms with Crippen molar-refractivity contribution in [2.75, 3.05) is 31.1 Å². The minimum absolute atomic E-state index is 0.122. The zero-order valence-corrected chi connectivity index (χ0v) is 16.6. The molecule has 6 nitrogen and oxygen atoms in total. The number of anilines is 1. The van der Waals surface area contributed by atoms with Crippen molar-refractivity contribution in [3.8, 4) is 0 Å². The molecule has 2 aromatic heterocycles. The zero-order chi connectivity index (χ0) is 19.1. The SMILES string of the molecule is CC(c1ccc(F)cc1F)N1CCN(c2ncnc3c2c(Br)nn3C)CC1. The lowest BCUT2D eigenvalue weighted by Crippen LogP contribution is -2.47. The van der Waals surface area contributed by atoms with E-state index in [9.17, 15) is 8.78 Å². The summed E-state index contributed by atoms with van der Waals surface area (Å²) in [4.78, 5) is 13.2. The number of aromatic nitrogens is 4. The maximum Gasteiger partial charge on any atom is 0.164 e. The van der Waals surface area contributed by atoms with E-state index in [0.717, 1.165) is 53.7 Å². The summed E-state index contributed by atoms with van der Waals surface area (Å²) in [5.41, 5.74) is 1.29. The molecule has 1 aliphatic rings. The third kappa shape index (κ3) is 3.29. The lowest BCUT2D eigenvalue weighted by molar-refractivity contribution is 0.194. The van der Waals surface area contributed by atoms with Gasteiger partial charge in [-0.2, -0.15) is 5.10 Å². The summed E-state index contributed by atoms with van der Waals surface area (Å²) in [6.45, 7) is 4.95. The second-order valence-corrected chi connectivity index (χ2v) is 7.43. The second-order valence-electron chi connectivity index (χ2n) is 6.68. The molecule has 9 heteroatoms. The highest BCUT2D eigenvalue weighted by Gasteiger charge is 2.26. The van der Waals surface area contributed by atoms with Gasteiger partial charge in [-0.25, -0.2) is 23.4 Å². The summed E-state index contributed by atoms with van der Waals surface area (Å²) in [5, 5.41) is 5.26. The number of benzene rings is 1. The molecule has 0 amide bonds. The first-order valence-corrected chi connectivity index (χ1v) is 9.52. The molecule has 0 spiro atoms. The molecule has 1 aromatic carbocycles. The van der Waals surface area contributed by atoms with Gasteiger partial charge in [0.05, 0.1) is 5.39 Å². The molecule has 0 radical (unpaired) electrons. The zero-order valence-electron chi connectivity index (χ0n) is 15.0. The van der Waals surface area contributed by atoms with E-state index in [-0.39, 0.29) is 6.04 Å². The van der Waals surface area contributed by atoms with Gasteiger partial charge in [0.1, 0.15) is 28.4 Å². The van der Waals surface area contributed by atoms with Crippen LogP contribution in [0.25, 0.3) is 11.0 Å². The smallest absolute Gasteiger partial charge is 0.164 e. The Kier molecular flexibility index (Phi) is 4.81. The van der Waals surface area contributed by atoms with E-state index in [2.05, 4.69) is 40.8 Å². The number of halogens is 3. The van der Waals surface area contributed by atoms with Crippen molar-refractivity contribution in [3.63, 3.8) is 0 Å². The molecule has 1 unspecified atom stereocenters. The predicted molar refractivity (Wildman–Crippen MR) is 103 cm³/mol. The minimum Gasteiger partial charge on any atom is -0.353 e. The molecule has 0 aliphatic carbocycles. The van der Waals surface area contributed by atoms with Crippen LogP contribution in [0.1, 0.15) is 18.5 Å². The average molecular weight is 437 g/mol. The molecule has 0 N–H and O–H groups in total. The predicted octanol–water partition coefficient (Wildman–Crippen LogP) is 3.29. The van der Waals surface area contributed by atoms with Crippen LogP contribution < -0.4 is 4.90 Å². The van der Waals surface area contributed by atoms with Gasteiger partial charge in [-0.05, 0) is 28.9 Å². The number of piperazine rings is 1. The van der Waals surface area contributed by atoms with Gasteiger partial charge < -0.3 is 4.90 Å². The van der Waals surface area contributed by atoms with Gasteiger partial charge in [0.15, 0.2) is 5.65 Å². The lowest BCUT2D eigenvalue weighted by Gasteiger charge is -2.38. The Morgan fingerprint density at radius 3 is 2.56 bits per heavy atom. The van der Waals surface area contributed by atoms with Crippen LogP contribution in [-0.2, 0) is 7.05 Å². The summed E-state index contributed by atoms with van der Waals surface area (Å²) in [7, 11) is 1.85. The van der Waals surface area contributed by atoms with Gasteiger partial charge in [-0.3, -0.25) is 4.90 Å². The fourth-order valence-corrected chi connectivity index (χ4v) is 4.22. The van der Waals surface area contributed by atoms with Crippen LogP contribution in [0.5, 0.6) is 0 Å². The molecule has 1 atom stereocenters. The number of nitrogens with zero attached hydrogens (tertiary/aromatic N) is 6. The summed E-state index contributed by atoms with van der Waals surface area (Å²) in [5.74, 6) is -0.204. The van der Waals surface area contributed by atoms with Crippen LogP contribution in [-0.4, -0.2) is 50.8 Å². The molecule has 1 saturated heterocycles. The van der Waals surface area contributed by atoms with Gasteiger partial charge in [-0.1, -0.05) is 6.07 Å². The van der Waals surface area contributed by atoms with Gasteiger partial charge in [0, 0.05) is 50.9 Å². The standard InChI is InChI=1S/C18H19BrF2N6/c1-11(13-4-3-12(20)9-14(13)21)26-5-7-27(8-6-26)18-15-16(19)24-25(2)17(15)22-10-23-18/h3-4,9-11H,5-8H2,1-2H3. The first kappa shape index (κ1) is 18.2. The van der Waals surface area contributed by atoms with Gasteiger partial charge in [-0.15, -0.1) is 0 Å². The largest absolute Gasteiger partial charge is 0.353 e. The molecule has 27 heavy (non-hydrogen) atoms. The topological polar surface area (TPSA) is 50.1 Å². The number of aryl methyl sites for hydroxylation is 1. The van der Waals surface area contributed by atoms with Crippen LogP contribution >= 0.6 is 15.9 Å². The van der Waals surface area contributed by atoms with Crippen molar-refractivity contribution in [2.45, 2.75) is 13.0 Å². The van der Waals surface area contributed by atoms with Crippen molar-refractivity contribution >= 4 is 32.8 Å². The number of hydrogen-bond donors (Lipinski definition) is 0. The van der Waals surface area contributed by atoms with Crippen LogP contribution in [0, 0.1) is 11.6 Å². The van der Waals surface area contributed by atoms with Gasteiger partial charge >= 0.3 is 0 Å². The van der Waals surface area contributed by atoms with Crippen molar-refractivity contribution < 1.29 is 8.78 Å². The van der Waals surface area contributed by atoms with Crippen molar-refractivity contribution in [1.29, 1.82) is 0 Å². The highest BCUT2D eigenvalue weighted by atomic mass is 79.9. The van der Waals surface area contributed by atoms with Gasteiger partial charge in [0.25, 0.3) is 0 Å².